The van der Waals surface area contributed by atoms with Gasteiger partial charge >= 0.3 is 0 Å². The first kappa shape index (κ1) is 21.4. The summed E-state index contributed by atoms with van der Waals surface area (Å²) in [5.41, 5.74) is 3.50. The number of thiazole rings is 1. The molecule has 2 aromatic rings. The van der Waals surface area contributed by atoms with Crippen LogP contribution in [-0.2, 0) is 25.6 Å². The molecule has 0 aliphatic carbocycles. The van der Waals surface area contributed by atoms with Crippen LogP contribution in [0.15, 0.2) is 16.6 Å². The molecule has 0 spiro atoms. The number of aryl methyl sites for hydroxylation is 1. The summed E-state index contributed by atoms with van der Waals surface area (Å²) in [6.45, 7) is 15.2. The van der Waals surface area contributed by atoms with Gasteiger partial charge in [0.2, 0.25) is 0 Å². The van der Waals surface area contributed by atoms with Crippen molar-refractivity contribution >= 4 is 17.3 Å². The Morgan fingerprint density at radius 1 is 1.37 bits per heavy atom. The van der Waals surface area contributed by atoms with Crippen LogP contribution in [0.4, 0.5) is 0 Å². The van der Waals surface area contributed by atoms with Gasteiger partial charge in [0.25, 0.3) is 0 Å². The Labute approximate surface area is 167 Å². The maximum Gasteiger partial charge on any atom is 0.194 e. The first-order chi connectivity index (χ1) is 12.6. The largest absolute Gasteiger partial charge is 0.357 e. The molecule has 0 aromatic carbocycles. The van der Waals surface area contributed by atoms with E-state index in [1.165, 1.54) is 5.56 Å². The Bertz CT molecular complexity index is 766. The summed E-state index contributed by atoms with van der Waals surface area (Å²) in [5, 5.41) is 11.3. The number of aromatic nitrogens is 3. The van der Waals surface area contributed by atoms with Crippen molar-refractivity contribution < 1.29 is 0 Å². The van der Waals surface area contributed by atoms with E-state index in [2.05, 4.69) is 75.5 Å². The van der Waals surface area contributed by atoms with E-state index in [9.17, 15) is 0 Å². The summed E-state index contributed by atoms with van der Waals surface area (Å²) in [5.74, 6) is 1.29. The molecule has 150 valence electrons. The van der Waals surface area contributed by atoms with E-state index in [4.69, 9.17) is 9.98 Å². The van der Waals surface area contributed by atoms with Gasteiger partial charge in [0.1, 0.15) is 0 Å². The summed E-state index contributed by atoms with van der Waals surface area (Å²) in [6, 6.07) is 0. The smallest absolute Gasteiger partial charge is 0.194 e. The molecule has 0 fully saturated rings. The van der Waals surface area contributed by atoms with Crippen molar-refractivity contribution in [2.45, 2.75) is 66.0 Å². The maximum absolute atomic E-state index is 4.80. The minimum atomic E-state index is 0.0848. The number of hydrogen-bond acceptors (Lipinski definition) is 4. The first-order valence-electron chi connectivity index (χ1n) is 9.58. The Hall–Kier alpha value is -1.89. The zero-order chi connectivity index (χ0) is 20.2. The normalized spacial score (nSPS) is 12.7. The number of guanidine groups is 1. The molecule has 2 aromatic heterocycles. The molecule has 0 saturated heterocycles. The molecule has 0 aliphatic rings. The Kier molecular flexibility index (Phi) is 7.03. The topological polar surface area (TPSA) is 58.3 Å². The van der Waals surface area contributed by atoms with E-state index < -0.39 is 0 Å². The molecule has 27 heavy (non-hydrogen) atoms. The van der Waals surface area contributed by atoms with Crippen molar-refractivity contribution in [3.63, 3.8) is 0 Å². The molecule has 2 rings (SSSR count). The molecule has 0 bridgehead atoms. The molecule has 0 atom stereocenters. The van der Waals surface area contributed by atoms with Gasteiger partial charge in [0.05, 0.1) is 22.9 Å². The highest BCUT2D eigenvalue weighted by molar-refractivity contribution is 7.09. The van der Waals surface area contributed by atoms with Gasteiger partial charge in [-0.3, -0.25) is 4.68 Å². The second kappa shape index (κ2) is 8.87. The van der Waals surface area contributed by atoms with Crippen LogP contribution in [0, 0.1) is 0 Å². The van der Waals surface area contributed by atoms with Crippen LogP contribution in [0.1, 0.15) is 69.4 Å². The first-order valence-corrected chi connectivity index (χ1v) is 10.5. The molecular formula is C20H34N6S. The van der Waals surface area contributed by atoms with E-state index in [0.717, 1.165) is 35.4 Å². The third-order valence-corrected chi connectivity index (χ3v) is 5.49. The number of nitrogens with one attached hydrogen (secondary N) is 1. The van der Waals surface area contributed by atoms with Crippen molar-refractivity contribution in [1.29, 1.82) is 0 Å². The molecular weight excluding hydrogens is 356 g/mol. The van der Waals surface area contributed by atoms with Crippen LogP contribution in [0.25, 0.3) is 0 Å². The van der Waals surface area contributed by atoms with E-state index in [1.807, 2.05) is 11.7 Å². The number of rotatable bonds is 6. The second-order valence-electron chi connectivity index (χ2n) is 8.29. The van der Waals surface area contributed by atoms with Gasteiger partial charge in [-0.2, -0.15) is 5.10 Å². The molecule has 0 unspecified atom stereocenters. The summed E-state index contributed by atoms with van der Waals surface area (Å²) < 4.78 is 1.89. The molecule has 0 saturated carbocycles. The van der Waals surface area contributed by atoms with Crippen molar-refractivity contribution in [3.8, 4) is 0 Å². The average molecular weight is 391 g/mol. The van der Waals surface area contributed by atoms with Gasteiger partial charge in [-0.05, 0) is 12.8 Å². The van der Waals surface area contributed by atoms with Crippen LogP contribution in [0.2, 0.25) is 0 Å². The van der Waals surface area contributed by atoms with Gasteiger partial charge in [-0.1, -0.05) is 34.6 Å². The third-order valence-electron chi connectivity index (χ3n) is 4.17. The zero-order valence-electron chi connectivity index (χ0n) is 18.0. The lowest BCUT2D eigenvalue weighted by atomic mass is 9.98. The summed E-state index contributed by atoms with van der Waals surface area (Å²) in [7, 11) is 4.05. The number of nitrogens with zero attached hydrogens (tertiary/aromatic N) is 5. The summed E-state index contributed by atoms with van der Waals surface area (Å²) >= 11 is 1.72. The summed E-state index contributed by atoms with van der Waals surface area (Å²) in [4.78, 5) is 11.7. The molecule has 2 heterocycles. The predicted molar refractivity (Wildman–Crippen MR) is 114 cm³/mol. The third kappa shape index (κ3) is 5.79. The standard InChI is InChI=1S/C20H34N6S/c1-9-21-19(22-10-16-13-27-18(23-16)20(4,5)6)25(7)11-15-12-26(8)24-17(15)14(2)3/h12-14H,9-11H2,1-8H3,(H,21,22). The second-order valence-corrected chi connectivity index (χ2v) is 9.15. The highest BCUT2D eigenvalue weighted by Crippen LogP contribution is 2.25. The van der Waals surface area contributed by atoms with Gasteiger partial charge in [-0.15, -0.1) is 11.3 Å². The lowest BCUT2D eigenvalue weighted by molar-refractivity contribution is 0.473. The van der Waals surface area contributed by atoms with E-state index in [1.54, 1.807) is 11.3 Å². The highest BCUT2D eigenvalue weighted by atomic mass is 32.1. The van der Waals surface area contributed by atoms with Crippen LogP contribution in [-0.4, -0.2) is 39.2 Å². The quantitative estimate of drug-likeness (QED) is 0.600. The minimum absolute atomic E-state index is 0.0848. The SMILES string of the molecule is CCNC(=NCc1csc(C(C)(C)C)n1)N(C)Cc1cn(C)nc1C(C)C. The molecule has 0 radical (unpaired) electrons. The zero-order valence-corrected chi connectivity index (χ0v) is 18.8. The minimum Gasteiger partial charge on any atom is -0.357 e. The number of aliphatic imine (C=N–C) groups is 1. The lowest BCUT2D eigenvalue weighted by Crippen LogP contribution is -2.38. The van der Waals surface area contributed by atoms with Gasteiger partial charge in [0, 0.05) is 49.7 Å². The van der Waals surface area contributed by atoms with Crippen LogP contribution < -0.4 is 5.32 Å². The molecule has 0 aliphatic heterocycles. The molecule has 7 heteroatoms. The van der Waals surface area contributed by atoms with Gasteiger partial charge in [-0.25, -0.2) is 9.98 Å². The fourth-order valence-corrected chi connectivity index (χ4v) is 3.74. The molecule has 6 nitrogen and oxygen atoms in total. The van der Waals surface area contributed by atoms with E-state index >= 15 is 0 Å². The predicted octanol–water partition coefficient (Wildman–Crippen LogP) is 3.90. The van der Waals surface area contributed by atoms with Crippen LogP contribution in [0.3, 0.4) is 0 Å². The van der Waals surface area contributed by atoms with Crippen molar-refractivity contribution in [2.24, 2.45) is 12.0 Å². The van der Waals surface area contributed by atoms with E-state index in [-0.39, 0.29) is 5.41 Å². The Morgan fingerprint density at radius 3 is 2.63 bits per heavy atom. The average Bonchev–Trinajstić information content (AvgIpc) is 3.17. The fraction of sp³-hybridized carbons (Fsp3) is 0.650. The van der Waals surface area contributed by atoms with Crippen molar-refractivity contribution in [2.75, 3.05) is 13.6 Å². The van der Waals surface area contributed by atoms with Gasteiger partial charge in [0.15, 0.2) is 5.96 Å². The monoisotopic (exact) mass is 390 g/mol. The Morgan fingerprint density at radius 2 is 2.07 bits per heavy atom. The van der Waals surface area contributed by atoms with Crippen molar-refractivity contribution in [3.05, 3.63) is 33.5 Å². The Balaban J connectivity index is 2.13. The lowest BCUT2D eigenvalue weighted by Gasteiger charge is -2.22. The number of hydrogen-bond donors (Lipinski definition) is 1. The van der Waals surface area contributed by atoms with Crippen LogP contribution in [0.5, 0.6) is 0 Å². The molecule has 1 N–H and O–H groups in total. The fourth-order valence-electron chi connectivity index (χ4n) is 2.84. The van der Waals surface area contributed by atoms with Crippen LogP contribution >= 0.6 is 11.3 Å². The van der Waals surface area contributed by atoms with E-state index in [0.29, 0.717) is 12.5 Å². The molecule has 0 amide bonds. The van der Waals surface area contributed by atoms with Gasteiger partial charge < -0.3 is 10.2 Å². The van der Waals surface area contributed by atoms with Crippen molar-refractivity contribution in [1.82, 2.24) is 25.0 Å². The highest BCUT2D eigenvalue weighted by Gasteiger charge is 2.18. The summed E-state index contributed by atoms with van der Waals surface area (Å²) in [6.07, 6.45) is 2.10. The maximum atomic E-state index is 4.80.